The Kier molecular flexibility index (Phi) is 4.25. The van der Waals surface area contributed by atoms with Crippen molar-refractivity contribution < 1.29 is 14.3 Å². The predicted octanol–water partition coefficient (Wildman–Crippen LogP) is 3.46. The van der Waals surface area contributed by atoms with E-state index in [9.17, 15) is 4.79 Å². The third kappa shape index (κ3) is 3.31. The average molecular weight is 355 g/mol. The molecule has 0 saturated heterocycles. The standard InChI is InChI=1S/C16H16Cl2N2O3/c1-16(2)10(6-13(17)18)14(16)15(21)20-19-7-9-3-4-11-12(5-9)23-8-22-11/h3-7,10,14H,8H2,1-2H3,(H,20,21)/b19-7-/t10-,14+/m0/s1. The molecule has 23 heavy (non-hydrogen) atoms. The van der Waals surface area contributed by atoms with Crippen molar-refractivity contribution in [2.45, 2.75) is 13.8 Å². The van der Waals surface area contributed by atoms with Crippen LogP contribution >= 0.6 is 23.2 Å². The maximum absolute atomic E-state index is 12.2. The first-order valence-electron chi connectivity index (χ1n) is 7.15. The van der Waals surface area contributed by atoms with E-state index in [1.807, 2.05) is 19.9 Å². The van der Waals surface area contributed by atoms with Crippen molar-refractivity contribution in [3.8, 4) is 11.5 Å². The number of allylic oxidation sites excluding steroid dienone is 1. The second kappa shape index (κ2) is 6.06. The molecule has 1 aromatic rings. The molecule has 2 aliphatic rings. The summed E-state index contributed by atoms with van der Waals surface area (Å²) in [5, 5.41) is 4.00. The van der Waals surface area contributed by atoms with Gasteiger partial charge in [-0.3, -0.25) is 4.79 Å². The van der Waals surface area contributed by atoms with Gasteiger partial charge in [0.1, 0.15) is 4.49 Å². The van der Waals surface area contributed by atoms with Gasteiger partial charge in [0.15, 0.2) is 11.5 Å². The van der Waals surface area contributed by atoms with Crippen LogP contribution in [0.3, 0.4) is 0 Å². The van der Waals surface area contributed by atoms with E-state index in [2.05, 4.69) is 10.5 Å². The number of benzene rings is 1. The fourth-order valence-electron chi connectivity index (χ4n) is 2.86. The molecule has 1 amide bonds. The Labute approximate surface area is 144 Å². The van der Waals surface area contributed by atoms with E-state index in [1.165, 1.54) is 0 Å². The minimum atomic E-state index is -0.191. The number of hydrogen-bond donors (Lipinski definition) is 1. The van der Waals surface area contributed by atoms with Crippen LogP contribution in [0.5, 0.6) is 11.5 Å². The van der Waals surface area contributed by atoms with Crippen molar-refractivity contribution in [3.05, 3.63) is 34.3 Å². The lowest BCUT2D eigenvalue weighted by Gasteiger charge is -2.01. The number of hydrogen-bond acceptors (Lipinski definition) is 4. The van der Waals surface area contributed by atoms with Gasteiger partial charge in [0.2, 0.25) is 12.7 Å². The normalized spacial score (nSPS) is 23.7. The van der Waals surface area contributed by atoms with Crippen molar-refractivity contribution in [1.82, 2.24) is 5.43 Å². The first kappa shape index (κ1) is 16.1. The zero-order valence-electron chi connectivity index (χ0n) is 12.7. The Morgan fingerprint density at radius 1 is 1.35 bits per heavy atom. The third-order valence-electron chi connectivity index (χ3n) is 4.28. The van der Waals surface area contributed by atoms with E-state index in [1.54, 1.807) is 24.4 Å². The Bertz CT molecular complexity index is 697. The van der Waals surface area contributed by atoms with Crippen LogP contribution in [0.25, 0.3) is 0 Å². The third-order valence-corrected chi connectivity index (χ3v) is 4.54. The fraction of sp³-hybridized carbons (Fsp3) is 0.375. The molecule has 1 aliphatic carbocycles. The molecule has 122 valence electrons. The van der Waals surface area contributed by atoms with Crippen LogP contribution in [0.1, 0.15) is 19.4 Å². The average Bonchev–Trinajstić information content (AvgIpc) is 2.85. The molecule has 1 aliphatic heterocycles. The van der Waals surface area contributed by atoms with E-state index in [4.69, 9.17) is 32.7 Å². The minimum Gasteiger partial charge on any atom is -0.454 e. The SMILES string of the molecule is CC1(C)[C@@H](C=C(Cl)Cl)[C@@H]1C(=O)N/N=C\c1ccc2c(c1)OCO2. The van der Waals surface area contributed by atoms with Crippen LogP contribution in [0.4, 0.5) is 0 Å². The molecule has 2 atom stereocenters. The summed E-state index contributed by atoms with van der Waals surface area (Å²) in [6.07, 6.45) is 3.27. The highest BCUT2D eigenvalue weighted by Crippen LogP contribution is 2.59. The Morgan fingerprint density at radius 2 is 2.09 bits per heavy atom. The minimum absolute atomic E-state index is 0.0215. The van der Waals surface area contributed by atoms with Crippen molar-refractivity contribution in [2.24, 2.45) is 22.4 Å². The number of rotatable bonds is 4. The van der Waals surface area contributed by atoms with Gasteiger partial charge in [-0.1, -0.05) is 37.0 Å². The summed E-state index contributed by atoms with van der Waals surface area (Å²) in [5.41, 5.74) is 3.20. The summed E-state index contributed by atoms with van der Waals surface area (Å²) in [6, 6.07) is 5.44. The van der Waals surface area contributed by atoms with Crippen molar-refractivity contribution >= 4 is 35.3 Å². The molecule has 0 radical (unpaired) electrons. The first-order valence-corrected chi connectivity index (χ1v) is 7.90. The number of amides is 1. The highest BCUT2D eigenvalue weighted by atomic mass is 35.5. The summed E-state index contributed by atoms with van der Waals surface area (Å²) in [6.45, 7) is 4.22. The molecule has 1 heterocycles. The largest absolute Gasteiger partial charge is 0.454 e. The number of hydrazone groups is 1. The summed E-state index contributed by atoms with van der Waals surface area (Å²) in [5.74, 6) is 1.06. The number of halogens is 2. The molecule has 3 rings (SSSR count). The topological polar surface area (TPSA) is 59.9 Å². The Morgan fingerprint density at radius 3 is 2.83 bits per heavy atom. The van der Waals surface area contributed by atoms with Gasteiger partial charge >= 0.3 is 0 Å². The van der Waals surface area contributed by atoms with Crippen LogP contribution in [0.2, 0.25) is 0 Å². The number of ether oxygens (including phenoxy) is 2. The quantitative estimate of drug-likeness (QED) is 0.665. The van der Waals surface area contributed by atoms with Crippen molar-refractivity contribution in [2.75, 3.05) is 6.79 Å². The molecule has 7 heteroatoms. The Balaban J connectivity index is 1.60. The molecule has 1 N–H and O–H groups in total. The summed E-state index contributed by atoms with van der Waals surface area (Å²) in [7, 11) is 0. The van der Waals surface area contributed by atoms with E-state index >= 15 is 0 Å². The van der Waals surface area contributed by atoms with Gasteiger partial charge in [-0.05, 0) is 41.2 Å². The molecular weight excluding hydrogens is 339 g/mol. The summed E-state index contributed by atoms with van der Waals surface area (Å²) < 4.78 is 10.7. The lowest BCUT2D eigenvalue weighted by molar-refractivity contribution is -0.123. The number of nitrogens with one attached hydrogen (secondary N) is 1. The second-order valence-electron chi connectivity index (χ2n) is 6.13. The lowest BCUT2D eigenvalue weighted by Crippen LogP contribution is -2.21. The fourth-order valence-corrected chi connectivity index (χ4v) is 3.13. The van der Waals surface area contributed by atoms with Crippen molar-refractivity contribution in [1.29, 1.82) is 0 Å². The summed E-state index contributed by atoms with van der Waals surface area (Å²) >= 11 is 11.4. The van der Waals surface area contributed by atoms with Crippen LogP contribution in [0.15, 0.2) is 33.9 Å². The van der Waals surface area contributed by atoms with E-state index < -0.39 is 0 Å². The van der Waals surface area contributed by atoms with Gasteiger partial charge in [-0.2, -0.15) is 5.10 Å². The van der Waals surface area contributed by atoms with Gasteiger partial charge in [-0.25, -0.2) is 5.43 Å². The van der Waals surface area contributed by atoms with Gasteiger partial charge < -0.3 is 9.47 Å². The van der Waals surface area contributed by atoms with Crippen molar-refractivity contribution in [3.63, 3.8) is 0 Å². The van der Waals surface area contributed by atoms with E-state index in [-0.39, 0.29) is 34.4 Å². The smallest absolute Gasteiger partial charge is 0.244 e. The van der Waals surface area contributed by atoms with E-state index in [0.717, 1.165) is 5.56 Å². The van der Waals surface area contributed by atoms with Gasteiger partial charge in [0, 0.05) is 0 Å². The predicted molar refractivity (Wildman–Crippen MR) is 88.9 cm³/mol. The highest BCUT2D eigenvalue weighted by Gasteiger charge is 2.60. The molecule has 0 spiro atoms. The van der Waals surface area contributed by atoms with Crippen LogP contribution in [-0.2, 0) is 4.79 Å². The second-order valence-corrected chi connectivity index (χ2v) is 7.14. The van der Waals surface area contributed by atoms with Crippen LogP contribution in [0, 0.1) is 17.3 Å². The molecule has 1 fully saturated rings. The zero-order chi connectivity index (χ0) is 16.6. The molecule has 0 aromatic heterocycles. The summed E-state index contributed by atoms with van der Waals surface area (Å²) in [4.78, 5) is 12.2. The van der Waals surface area contributed by atoms with E-state index in [0.29, 0.717) is 11.5 Å². The maximum atomic E-state index is 12.2. The molecule has 1 aromatic carbocycles. The number of nitrogens with zero attached hydrogens (tertiary/aromatic N) is 1. The van der Waals surface area contributed by atoms with Gasteiger partial charge in [0.25, 0.3) is 0 Å². The monoisotopic (exact) mass is 354 g/mol. The lowest BCUT2D eigenvalue weighted by atomic mass is 10.1. The molecule has 0 bridgehead atoms. The molecule has 0 unspecified atom stereocenters. The van der Waals surface area contributed by atoms with Gasteiger partial charge in [-0.15, -0.1) is 0 Å². The Hall–Kier alpha value is -1.72. The first-order chi connectivity index (χ1) is 10.9. The number of carbonyl (C=O) groups excluding carboxylic acids is 1. The highest BCUT2D eigenvalue weighted by molar-refractivity contribution is 6.55. The molecular formula is C16H16Cl2N2O3. The molecule has 1 saturated carbocycles. The maximum Gasteiger partial charge on any atom is 0.244 e. The number of carbonyl (C=O) groups is 1. The number of fused-ring (bicyclic) bond motifs is 1. The van der Waals surface area contributed by atoms with Crippen LogP contribution < -0.4 is 14.9 Å². The van der Waals surface area contributed by atoms with Gasteiger partial charge in [0.05, 0.1) is 12.1 Å². The zero-order valence-corrected chi connectivity index (χ0v) is 14.2. The molecule has 5 nitrogen and oxygen atoms in total. The van der Waals surface area contributed by atoms with Crippen LogP contribution in [-0.4, -0.2) is 18.9 Å².